The fourth-order valence-electron chi connectivity index (χ4n) is 4.87. The summed E-state index contributed by atoms with van der Waals surface area (Å²) in [6.45, 7) is 3.12. The molecule has 0 aliphatic heterocycles. The molecule has 2 aromatic carbocycles. The van der Waals surface area contributed by atoms with Gasteiger partial charge in [0.1, 0.15) is 5.82 Å². The summed E-state index contributed by atoms with van der Waals surface area (Å²) < 4.78 is 2.12. The zero-order valence-corrected chi connectivity index (χ0v) is 19.2. The summed E-state index contributed by atoms with van der Waals surface area (Å²) in [6.07, 6.45) is 9.62. The van der Waals surface area contributed by atoms with Gasteiger partial charge in [0.2, 0.25) is 5.82 Å². The molecule has 0 unspecified atom stereocenters. The van der Waals surface area contributed by atoms with Gasteiger partial charge in [-0.15, -0.1) is 10.2 Å². The number of hydrogen-bond donors (Lipinski definition) is 1. The quantitative estimate of drug-likeness (QED) is 0.404. The lowest BCUT2D eigenvalue weighted by Crippen LogP contribution is -2.10. The van der Waals surface area contributed by atoms with E-state index in [0.29, 0.717) is 5.82 Å². The summed E-state index contributed by atoms with van der Waals surface area (Å²) >= 11 is 0. The third kappa shape index (κ3) is 5.02. The van der Waals surface area contributed by atoms with Crippen molar-refractivity contribution in [2.45, 2.75) is 64.8 Å². The third-order valence-electron chi connectivity index (χ3n) is 6.56. The molecule has 0 saturated heterocycles. The van der Waals surface area contributed by atoms with Crippen LogP contribution in [0.15, 0.2) is 48.5 Å². The lowest BCUT2D eigenvalue weighted by molar-refractivity contribution is 0.351. The van der Waals surface area contributed by atoms with Crippen LogP contribution in [0.3, 0.4) is 0 Å². The SMILES string of the molecule is CCCn1nc(CC2CCCCC2)nc1Cc1ccc(-c2ccccc2-c2nn[nH]n2)cc1. The van der Waals surface area contributed by atoms with E-state index in [-0.39, 0.29) is 0 Å². The molecule has 2 aromatic heterocycles. The lowest BCUT2D eigenvalue weighted by atomic mass is 9.87. The van der Waals surface area contributed by atoms with Crippen molar-refractivity contribution < 1.29 is 0 Å². The molecule has 4 aromatic rings. The number of H-pyrrole nitrogens is 1. The van der Waals surface area contributed by atoms with Crippen LogP contribution in [0.4, 0.5) is 0 Å². The maximum atomic E-state index is 4.97. The van der Waals surface area contributed by atoms with Crippen LogP contribution in [-0.2, 0) is 19.4 Å². The van der Waals surface area contributed by atoms with E-state index >= 15 is 0 Å². The van der Waals surface area contributed by atoms with E-state index in [1.807, 2.05) is 18.2 Å². The van der Waals surface area contributed by atoms with Gasteiger partial charge in [0.05, 0.1) is 0 Å². The van der Waals surface area contributed by atoms with Gasteiger partial charge in [-0.05, 0) is 34.2 Å². The molecular weight excluding hydrogens is 410 g/mol. The van der Waals surface area contributed by atoms with Crippen LogP contribution >= 0.6 is 0 Å². The van der Waals surface area contributed by atoms with Gasteiger partial charge in [-0.1, -0.05) is 87.6 Å². The van der Waals surface area contributed by atoms with Crippen molar-refractivity contribution in [3.05, 3.63) is 65.7 Å². The van der Waals surface area contributed by atoms with Gasteiger partial charge in [0, 0.05) is 24.9 Å². The Morgan fingerprint density at radius 3 is 2.48 bits per heavy atom. The van der Waals surface area contributed by atoms with E-state index in [1.165, 1.54) is 37.7 Å². The number of hydrogen-bond acceptors (Lipinski definition) is 5. The Balaban J connectivity index is 1.34. The molecule has 0 spiro atoms. The van der Waals surface area contributed by atoms with Crippen molar-refractivity contribution in [2.24, 2.45) is 5.92 Å². The summed E-state index contributed by atoms with van der Waals surface area (Å²) in [7, 11) is 0. The molecule has 1 fully saturated rings. The second-order valence-electron chi connectivity index (χ2n) is 9.03. The molecule has 33 heavy (non-hydrogen) atoms. The highest BCUT2D eigenvalue weighted by molar-refractivity contribution is 5.80. The first-order chi connectivity index (χ1) is 16.3. The van der Waals surface area contributed by atoms with Crippen LogP contribution in [-0.4, -0.2) is 35.4 Å². The minimum absolute atomic E-state index is 0.604. The predicted molar refractivity (Wildman–Crippen MR) is 128 cm³/mol. The minimum atomic E-state index is 0.604. The molecule has 0 bridgehead atoms. The average molecular weight is 442 g/mol. The van der Waals surface area contributed by atoms with Crippen molar-refractivity contribution in [1.29, 1.82) is 0 Å². The number of rotatable bonds is 8. The van der Waals surface area contributed by atoms with Crippen molar-refractivity contribution in [2.75, 3.05) is 0 Å². The monoisotopic (exact) mass is 441 g/mol. The highest BCUT2D eigenvalue weighted by Gasteiger charge is 2.18. The Kier molecular flexibility index (Phi) is 6.56. The van der Waals surface area contributed by atoms with E-state index in [4.69, 9.17) is 10.1 Å². The molecule has 170 valence electrons. The fourth-order valence-corrected chi connectivity index (χ4v) is 4.87. The van der Waals surface area contributed by atoms with Crippen LogP contribution in [0.5, 0.6) is 0 Å². The smallest absolute Gasteiger partial charge is 0.205 e. The van der Waals surface area contributed by atoms with E-state index in [0.717, 1.165) is 60.1 Å². The Morgan fingerprint density at radius 2 is 1.76 bits per heavy atom. The van der Waals surface area contributed by atoms with Crippen molar-refractivity contribution in [1.82, 2.24) is 35.4 Å². The summed E-state index contributed by atoms with van der Waals surface area (Å²) in [6, 6.07) is 16.9. The Bertz CT molecular complexity index is 1160. The standard InChI is InChI=1S/C26H31N7/c1-2-16-33-25(27-24(30-33)17-19-8-4-3-5-9-19)18-20-12-14-21(15-13-20)22-10-6-7-11-23(22)26-28-31-32-29-26/h6-7,10-15,19H,2-5,8-9,16-18H2,1H3,(H,28,29,31,32). The molecule has 0 atom stereocenters. The highest BCUT2D eigenvalue weighted by Crippen LogP contribution is 2.30. The number of nitrogens with zero attached hydrogens (tertiary/aromatic N) is 6. The topological polar surface area (TPSA) is 85.2 Å². The maximum absolute atomic E-state index is 4.97. The molecule has 0 radical (unpaired) electrons. The van der Waals surface area contributed by atoms with Crippen LogP contribution in [0.1, 0.15) is 62.7 Å². The number of aromatic amines is 1. The van der Waals surface area contributed by atoms with Crippen LogP contribution in [0, 0.1) is 5.92 Å². The summed E-state index contributed by atoms with van der Waals surface area (Å²) in [5.74, 6) is 3.45. The molecule has 7 nitrogen and oxygen atoms in total. The van der Waals surface area contributed by atoms with Gasteiger partial charge in [-0.3, -0.25) is 0 Å². The summed E-state index contributed by atoms with van der Waals surface area (Å²) in [5, 5.41) is 19.4. The van der Waals surface area contributed by atoms with Crippen molar-refractivity contribution in [3.63, 3.8) is 0 Å². The largest absolute Gasteiger partial charge is 0.249 e. The predicted octanol–water partition coefficient (Wildman–Crippen LogP) is 5.25. The summed E-state index contributed by atoms with van der Waals surface area (Å²) in [4.78, 5) is 4.97. The summed E-state index contributed by atoms with van der Waals surface area (Å²) in [5.41, 5.74) is 4.43. The zero-order chi connectivity index (χ0) is 22.5. The number of tetrazole rings is 1. The fraction of sp³-hybridized carbons (Fsp3) is 0.423. The Morgan fingerprint density at radius 1 is 0.970 bits per heavy atom. The first-order valence-electron chi connectivity index (χ1n) is 12.1. The van der Waals surface area contributed by atoms with E-state index in [9.17, 15) is 0 Å². The van der Waals surface area contributed by atoms with Crippen LogP contribution in [0.2, 0.25) is 0 Å². The minimum Gasteiger partial charge on any atom is -0.249 e. The molecule has 1 aliphatic rings. The van der Waals surface area contributed by atoms with E-state index in [1.54, 1.807) is 0 Å². The lowest BCUT2D eigenvalue weighted by Gasteiger charge is -2.19. The highest BCUT2D eigenvalue weighted by atomic mass is 15.5. The van der Waals surface area contributed by atoms with Gasteiger partial charge >= 0.3 is 0 Å². The van der Waals surface area contributed by atoms with Gasteiger partial charge in [0.25, 0.3) is 0 Å². The molecule has 1 N–H and O–H groups in total. The van der Waals surface area contributed by atoms with Gasteiger partial charge < -0.3 is 0 Å². The maximum Gasteiger partial charge on any atom is 0.205 e. The van der Waals surface area contributed by atoms with Gasteiger partial charge in [0.15, 0.2) is 5.82 Å². The molecular formula is C26H31N7. The molecule has 1 aliphatic carbocycles. The second kappa shape index (κ2) is 10.1. The number of benzene rings is 2. The number of nitrogens with one attached hydrogen (secondary N) is 1. The normalized spacial score (nSPS) is 14.6. The number of aromatic nitrogens is 7. The Labute approximate surface area is 194 Å². The first kappa shape index (κ1) is 21.5. The third-order valence-corrected chi connectivity index (χ3v) is 6.56. The Hall–Kier alpha value is -3.35. The first-order valence-corrected chi connectivity index (χ1v) is 12.1. The van der Waals surface area contributed by atoms with Crippen molar-refractivity contribution in [3.8, 4) is 22.5 Å². The molecule has 1 saturated carbocycles. The van der Waals surface area contributed by atoms with E-state index in [2.05, 4.69) is 62.6 Å². The molecule has 5 rings (SSSR count). The molecule has 2 heterocycles. The molecule has 7 heteroatoms. The average Bonchev–Trinajstić information content (AvgIpc) is 3.51. The zero-order valence-electron chi connectivity index (χ0n) is 19.2. The van der Waals surface area contributed by atoms with Gasteiger partial charge in [-0.25, -0.2) is 9.67 Å². The van der Waals surface area contributed by atoms with Gasteiger partial charge in [-0.2, -0.15) is 10.3 Å². The van der Waals surface area contributed by atoms with Crippen molar-refractivity contribution >= 4 is 0 Å². The van der Waals surface area contributed by atoms with E-state index < -0.39 is 0 Å². The second-order valence-corrected chi connectivity index (χ2v) is 9.03. The van der Waals surface area contributed by atoms with Crippen LogP contribution in [0.25, 0.3) is 22.5 Å². The molecule has 0 amide bonds. The number of aryl methyl sites for hydroxylation is 1. The van der Waals surface area contributed by atoms with Crippen LogP contribution < -0.4 is 0 Å².